The van der Waals surface area contributed by atoms with Crippen molar-refractivity contribution >= 4 is 21.7 Å². The zero-order valence-electron chi connectivity index (χ0n) is 10.2. The summed E-state index contributed by atoms with van der Waals surface area (Å²) in [5.41, 5.74) is -0.614. The highest BCUT2D eigenvalue weighted by atomic mass is 79.9. The van der Waals surface area contributed by atoms with Gasteiger partial charge in [-0.05, 0) is 34.1 Å². The second-order valence-corrected chi connectivity index (χ2v) is 5.00. The van der Waals surface area contributed by atoms with Crippen molar-refractivity contribution in [2.45, 2.75) is 0 Å². The van der Waals surface area contributed by atoms with Crippen molar-refractivity contribution in [3.05, 3.63) is 33.8 Å². The molecule has 0 aliphatic rings. The smallest absolute Gasteiger partial charge is 0.202 e. The van der Waals surface area contributed by atoms with E-state index in [0.717, 1.165) is 18.2 Å². The summed E-state index contributed by atoms with van der Waals surface area (Å²) in [6, 6.07) is 2.83. The van der Waals surface area contributed by atoms with Gasteiger partial charge in [-0.2, -0.15) is 0 Å². The molecule has 0 saturated carbocycles. The molecule has 0 heterocycles. The topological polar surface area (TPSA) is 138 Å². The van der Waals surface area contributed by atoms with Crippen LogP contribution in [0.3, 0.4) is 0 Å². The van der Waals surface area contributed by atoms with Crippen LogP contribution in [-0.2, 0) is 0 Å². The Hall–Kier alpha value is -2.61. The second-order valence-electron chi connectivity index (χ2n) is 4.14. The molecule has 0 radical (unpaired) electrons. The predicted molar refractivity (Wildman–Crippen MR) is 74.0 cm³/mol. The molecule has 0 saturated heterocycles. The standard InChI is InChI=1S/C13H9BrO7/c14-6-3-5(10(18)13(21)11(6)19)9(17)4-1-7(15)12(20)8(16)2-4/h1-3,15-16,18-21H. The van der Waals surface area contributed by atoms with Crippen molar-refractivity contribution in [3.8, 4) is 34.5 Å². The molecule has 8 heteroatoms. The summed E-state index contributed by atoms with van der Waals surface area (Å²) in [6.07, 6.45) is 0. The summed E-state index contributed by atoms with van der Waals surface area (Å²) in [7, 11) is 0. The SMILES string of the molecule is O=C(c1cc(O)c(O)c(O)c1)c1cc(Br)c(O)c(O)c1O. The van der Waals surface area contributed by atoms with Gasteiger partial charge >= 0.3 is 0 Å². The van der Waals surface area contributed by atoms with Crippen molar-refractivity contribution in [2.75, 3.05) is 0 Å². The van der Waals surface area contributed by atoms with Gasteiger partial charge < -0.3 is 30.6 Å². The number of phenolic OH excluding ortho intramolecular Hbond substituents is 6. The lowest BCUT2D eigenvalue weighted by molar-refractivity contribution is 0.103. The van der Waals surface area contributed by atoms with E-state index in [2.05, 4.69) is 15.9 Å². The molecular formula is C13H9BrO7. The number of hydrogen-bond donors (Lipinski definition) is 6. The number of carbonyl (C=O) groups excluding carboxylic acids is 1. The van der Waals surface area contributed by atoms with Gasteiger partial charge in [0, 0.05) is 5.56 Å². The van der Waals surface area contributed by atoms with Crippen LogP contribution in [0.5, 0.6) is 34.5 Å². The van der Waals surface area contributed by atoms with Crippen LogP contribution < -0.4 is 0 Å². The third kappa shape index (κ3) is 2.40. The van der Waals surface area contributed by atoms with Gasteiger partial charge in [0.2, 0.25) is 5.75 Å². The first-order chi connectivity index (χ1) is 9.73. The van der Waals surface area contributed by atoms with Crippen LogP contribution in [-0.4, -0.2) is 36.4 Å². The quantitative estimate of drug-likeness (QED) is 0.357. The van der Waals surface area contributed by atoms with Gasteiger partial charge in [-0.1, -0.05) is 0 Å². The van der Waals surface area contributed by atoms with E-state index in [1.165, 1.54) is 0 Å². The molecule has 0 fully saturated rings. The molecule has 7 nitrogen and oxygen atoms in total. The van der Waals surface area contributed by atoms with E-state index in [9.17, 15) is 35.4 Å². The molecule has 0 atom stereocenters. The normalized spacial score (nSPS) is 10.5. The highest BCUT2D eigenvalue weighted by Crippen LogP contribution is 2.44. The maximum Gasteiger partial charge on any atom is 0.202 e. The Morgan fingerprint density at radius 1 is 0.762 bits per heavy atom. The van der Waals surface area contributed by atoms with Gasteiger partial charge in [-0.25, -0.2) is 0 Å². The van der Waals surface area contributed by atoms with Crippen molar-refractivity contribution in [1.82, 2.24) is 0 Å². The molecule has 0 aromatic heterocycles. The maximum atomic E-state index is 12.2. The van der Waals surface area contributed by atoms with E-state index in [-0.39, 0.29) is 15.6 Å². The Morgan fingerprint density at radius 2 is 1.29 bits per heavy atom. The number of ketones is 1. The van der Waals surface area contributed by atoms with Crippen LogP contribution in [0.2, 0.25) is 0 Å². The minimum Gasteiger partial charge on any atom is -0.504 e. The fraction of sp³-hybridized carbons (Fsp3) is 0. The van der Waals surface area contributed by atoms with Crippen LogP contribution in [0.4, 0.5) is 0 Å². The number of aromatic hydroxyl groups is 6. The highest BCUT2D eigenvalue weighted by Gasteiger charge is 2.23. The molecule has 6 N–H and O–H groups in total. The van der Waals surface area contributed by atoms with Crippen LogP contribution in [0.1, 0.15) is 15.9 Å². The zero-order valence-corrected chi connectivity index (χ0v) is 11.8. The number of benzene rings is 2. The van der Waals surface area contributed by atoms with Crippen LogP contribution in [0.15, 0.2) is 22.7 Å². The molecule has 0 aliphatic carbocycles. The number of halogens is 1. The van der Waals surface area contributed by atoms with E-state index >= 15 is 0 Å². The van der Waals surface area contributed by atoms with Gasteiger partial charge in [0.1, 0.15) is 0 Å². The molecular weight excluding hydrogens is 348 g/mol. The molecule has 0 unspecified atom stereocenters. The minimum atomic E-state index is -0.889. The molecule has 21 heavy (non-hydrogen) atoms. The van der Waals surface area contributed by atoms with E-state index < -0.39 is 40.3 Å². The highest BCUT2D eigenvalue weighted by molar-refractivity contribution is 9.10. The predicted octanol–water partition coefficient (Wildman–Crippen LogP) is 1.91. The van der Waals surface area contributed by atoms with Gasteiger partial charge in [0.15, 0.2) is 34.5 Å². The third-order valence-corrected chi connectivity index (χ3v) is 3.38. The summed E-state index contributed by atoms with van der Waals surface area (Å²) in [4.78, 5) is 12.2. The summed E-state index contributed by atoms with van der Waals surface area (Å²) in [5, 5.41) is 56.6. The van der Waals surface area contributed by atoms with Crippen molar-refractivity contribution < 1.29 is 35.4 Å². The summed E-state index contributed by atoms with van der Waals surface area (Å²) in [5.74, 6) is -5.47. The summed E-state index contributed by atoms with van der Waals surface area (Å²) in [6.45, 7) is 0. The number of hydrogen-bond acceptors (Lipinski definition) is 7. The Kier molecular flexibility index (Phi) is 3.56. The molecule has 110 valence electrons. The zero-order chi connectivity index (χ0) is 15.9. The molecule has 2 rings (SSSR count). The van der Waals surface area contributed by atoms with Gasteiger partial charge in [0.05, 0.1) is 10.0 Å². The fourth-order valence-electron chi connectivity index (χ4n) is 1.68. The largest absolute Gasteiger partial charge is 0.504 e. The number of carbonyl (C=O) groups is 1. The summed E-state index contributed by atoms with van der Waals surface area (Å²) >= 11 is 2.90. The lowest BCUT2D eigenvalue weighted by Crippen LogP contribution is -2.02. The molecule has 0 amide bonds. The van der Waals surface area contributed by atoms with Gasteiger partial charge in [-0.15, -0.1) is 0 Å². The molecule has 0 bridgehead atoms. The molecule has 0 aliphatic heterocycles. The molecule has 2 aromatic rings. The van der Waals surface area contributed by atoms with Crippen LogP contribution in [0.25, 0.3) is 0 Å². The van der Waals surface area contributed by atoms with Crippen molar-refractivity contribution in [3.63, 3.8) is 0 Å². The Balaban J connectivity index is 2.61. The first-order valence-corrected chi connectivity index (χ1v) is 6.26. The maximum absolute atomic E-state index is 12.2. The molecule has 0 spiro atoms. The van der Waals surface area contributed by atoms with Gasteiger partial charge in [-0.3, -0.25) is 4.79 Å². The third-order valence-electron chi connectivity index (χ3n) is 2.78. The average Bonchev–Trinajstić information content (AvgIpc) is 2.45. The van der Waals surface area contributed by atoms with E-state index in [1.807, 2.05) is 0 Å². The lowest BCUT2D eigenvalue weighted by atomic mass is 10.0. The number of rotatable bonds is 2. The second kappa shape index (κ2) is 5.06. The van der Waals surface area contributed by atoms with E-state index in [0.29, 0.717) is 0 Å². The fourth-order valence-corrected chi connectivity index (χ4v) is 2.10. The first-order valence-electron chi connectivity index (χ1n) is 5.47. The molecule has 2 aromatic carbocycles. The first kappa shape index (κ1) is 14.8. The average molecular weight is 357 g/mol. The van der Waals surface area contributed by atoms with E-state index in [1.54, 1.807) is 0 Å². The summed E-state index contributed by atoms with van der Waals surface area (Å²) < 4.78 is -0.0339. The number of phenols is 6. The Morgan fingerprint density at radius 3 is 1.81 bits per heavy atom. The van der Waals surface area contributed by atoms with Gasteiger partial charge in [0.25, 0.3) is 0 Å². The Bertz CT molecular complexity index is 732. The van der Waals surface area contributed by atoms with E-state index in [4.69, 9.17) is 0 Å². The van der Waals surface area contributed by atoms with Crippen molar-refractivity contribution in [2.24, 2.45) is 0 Å². The Labute approximate surface area is 126 Å². The minimum absolute atomic E-state index is 0.0339. The van der Waals surface area contributed by atoms with Crippen molar-refractivity contribution in [1.29, 1.82) is 0 Å². The van der Waals surface area contributed by atoms with Crippen LogP contribution in [0, 0.1) is 0 Å². The van der Waals surface area contributed by atoms with Crippen LogP contribution >= 0.6 is 15.9 Å². The monoisotopic (exact) mass is 356 g/mol. The lowest BCUT2D eigenvalue weighted by Gasteiger charge is -2.10.